The molecule has 1 aromatic rings. The minimum Gasteiger partial charge on any atom is -0.395 e. The van der Waals surface area contributed by atoms with Crippen LogP contribution in [0.4, 0.5) is 0 Å². The van der Waals surface area contributed by atoms with Crippen LogP contribution < -0.4 is 0 Å². The zero-order chi connectivity index (χ0) is 14.6. The van der Waals surface area contributed by atoms with E-state index in [0.717, 1.165) is 32.0 Å². The maximum Gasteiger partial charge on any atom is 0.0558 e. The maximum atomic E-state index is 9.25. The molecule has 1 aromatic carbocycles. The predicted molar refractivity (Wildman–Crippen MR) is 87.0 cm³/mol. The van der Waals surface area contributed by atoms with Gasteiger partial charge in [0.15, 0.2) is 0 Å². The Bertz CT molecular complexity index is 325. The van der Waals surface area contributed by atoms with Crippen LogP contribution in [0, 0.1) is 5.92 Å². The second kappa shape index (κ2) is 10.9. The molecule has 0 saturated heterocycles. The molecule has 0 bridgehead atoms. The molecule has 0 spiro atoms. The second-order valence-corrected chi connectivity index (χ2v) is 5.68. The lowest BCUT2D eigenvalue weighted by molar-refractivity contribution is 0.170. The number of hydrogen-bond donors (Lipinski definition) is 1. The first-order valence-corrected chi connectivity index (χ1v) is 8.17. The van der Waals surface area contributed by atoms with Gasteiger partial charge < -0.3 is 10.0 Å². The van der Waals surface area contributed by atoms with E-state index in [9.17, 15) is 5.11 Å². The lowest BCUT2D eigenvalue weighted by Gasteiger charge is -2.26. The van der Waals surface area contributed by atoms with Crippen molar-refractivity contribution in [3.8, 4) is 0 Å². The van der Waals surface area contributed by atoms with E-state index in [1.54, 1.807) is 0 Å². The van der Waals surface area contributed by atoms with Crippen molar-refractivity contribution in [1.29, 1.82) is 0 Å². The van der Waals surface area contributed by atoms with Crippen molar-refractivity contribution in [3.63, 3.8) is 0 Å². The van der Waals surface area contributed by atoms with Gasteiger partial charge in [-0.1, -0.05) is 63.4 Å². The first-order chi connectivity index (χ1) is 9.80. The Morgan fingerprint density at radius 1 is 1.10 bits per heavy atom. The quantitative estimate of drug-likeness (QED) is 0.666. The van der Waals surface area contributed by atoms with Crippen molar-refractivity contribution < 1.29 is 5.11 Å². The lowest BCUT2D eigenvalue weighted by Crippen LogP contribution is -2.33. The van der Waals surface area contributed by atoms with Crippen molar-refractivity contribution in [3.05, 3.63) is 35.9 Å². The Kier molecular flexibility index (Phi) is 9.35. The molecule has 1 atom stereocenters. The molecule has 1 N–H and O–H groups in total. The molecule has 0 aromatic heterocycles. The fourth-order valence-corrected chi connectivity index (χ4v) is 2.65. The van der Waals surface area contributed by atoms with Gasteiger partial charge in [-0.2, -0.15) is 0 Å². The summed E-state index contributed by atoms with van der Waals surface area (Å²) in [6.45, 7) is 7.79. The summed E-state index contributed by atoms with van der Waals surface area (Å²) in [7, 11) is 0. The van der Waals surface area contributed by atoms with Crippen LogP contribution >= 0.6 is 0 Å². The Balaban J connectivity index is 2.42. The van der Waals surface area contributed by atoms with Crippen LogP contribution in [0.1, 0.15) is 45.1 Å². The summed E-state index contributed by atoms with van der Waals surface area (Å²) in [6.07, 6.45) is 6.24. The van der Waals surface area contributed by atoms with Crippen molar-refractivity contribution in [2.45, 2.75) is 46.0 Å². The fraction of sp³-hybridized carbons (Fsp3) is 0.667. The predicted octanol–water partition coefficient (Wildman–Crippen LogP) is 3.74. The normalized spacial score (nSPS) is 12.8. The van der Waals surface area contributed by atoms with Gasteiger partial charge in [-0.05, 0) is 24.3 Å². The molecular formula is C18H31NO. The highest BCUT2D eigenvalue weighted by molar-refractivity contribution is 5.14. The van der Waals surface area contributed by atoms with Crippen LogP contribution in [-0.2, 0) is 6.42 Å². The third-order valence-corrected chi connectivity index (χ3v) is 4.04. The minimum atomic E-state index is 0.263. The Labute approximate surface area is 124 Å². The smallest absolute Gasteiger partial charge is 0.0558 e. The van der Waals surface area contributed by atoms with Gasteiger partial charge in [0, 0.05) is 19.6 Å². The number of rotatable bonds is 11. The molecule has 2 heteroatoms. The Morgan fingerprint density at radius 2 is 1.85 bits per heavy atom. The Morgan fingerprint density at radius 3 is 2.45 bits per heavy atom. The molecule has 1 unspecified atom stereocenters. The highest BCUT2D eigenvalue weighted by atomic mass is 16.3. The fourth-order valence-electron chi connectivity index (χ4n) is 2.65. The molecule has 1 rings (SSSR count). The molecule has 114 valence electrons. The first-order valence-electron chi connectivity index (χ1n) is 8.17. The summed E-state index contributed by atoms with van der Waals surface area (Å²) in [5.41, 5.74) is 1.39. The molecule has 2 nitrogen and oxygen atoms in total. The van der Waals surface area contributed by atoms with Crippen LogP contribution in [0.15, 0.2) is 30.3 Å². The number of unbranched alkanes of at least 4 members (excludes halogenated alkanes) is 1. The molecule has 0 heterocycles. The van der Waals surface area contributed by atoms with Crippen LogP contribution in [0.5, 0.6) is 0 Å². The second-order valence-electron chi connectivity index (χ2n) is 5.68. The molecular weight excluding hydrogens is 246 g/mol. The van der Waals surface area contributed by atoms with E-state index in [-0.39, 0.29) is 6.61 Å². The minimum absolute atomic E-state index is 0.263. The molecule has 0 amide bonds. The zero-order valence-corrected chi connectivity index (χ0v) is 13.2. The number of aliphatic hydroxyl groups is 1. The van der Waals surface area contributed by atoms with E-state index in [1.165, 1.54) is 31.2 Å². The average Bonchev–Trinajstić information content (AvgIpc) is 2.50. The van der Waals surface area contributed by atoms with Crippen molar-refractivity contribution in [2.24, 2.45) is 5.92 Å². The third kappa shape index (κ3) is 7.06. The average molecular weight is 277 g/mol. The van der Waals surface area contributed by atoms with E-state index in [1.807, 2.05) is 0 Å². The van der Waals surface area contributed by atoms with Gasteiger partial charge in [0.05, 0.1) is 6.61 Å². The lowest BCUT2D eigenvalue weighted by atomic mass is 9.98. The summed E-state index contributed by atoms with van der Waals surface area (Å²) in [4.78, 5) is 2.43. The topological polar surface area (TPSA) is 23.5 Å². The van der Waals surface area contributed by atoms with Gasteiger partial charge in [-0.3, -0.25) is 0 Å². The number of benzene rings is 1. The van der Waals surface area contributed by atoms with E-state index in [2.05, 4.69) is 49.1 Å². The molecule has 0 aliphatic rings. The van der Waals surface area contributed by atoms with Crippen LogP contribution in [0.3, 0.4) is 0 Å². The molecule has 20 heavy (non-hydrogen) atoms. The molecule has 0 radical (unpaired) electrons. The molecule has 0 aliphatic heterocycles. The summed E-state index contributed by atoms with van der Waals surface area (Å²) in [5, 5.41) is 9.25. The van der Waals surface area contributed by atoms with E-state index in [4.69, 9.17) is 0 Å². The van der Waals surface area contributed by atoms with Crippen molar-refractivity contribution in [2.75, 3.05) is 26.2 Å². The van der Waals surface area contributed by atoms with Gasteiger partial charge in [0.1, 0.15) is 0 Å². The summed E-state index contributed by atoms with van der Waals surface area (Å²) < 4.78 is 0. The van der Waals surface area contributed by atoms with E-state index >= 15 is 0 Å². The zero-order valence-electron chi connectivity index (χ0n) is 13.2. The molecule has 0 aliphatic carbocycles. The number of aliphatic hydroxyl groups excluding tert-OH is 1. The summed E-state index contributed by atoms with van der Waals surface area (Å²) in [5.74, 6) is 0.775. The Hall–Kier alpha value is -0.860. The van der Waals surface area contributed by atoms with Gasteiger partial charge in [0.2, 0.25) is 0 Å². The highest BCUT2D eigenvalue weighted by Gasteiger charge is 2.12. The summed E-state index contributed by atoms with van der Waals surface area (Å²) >= 11 is 0. The number of hydrogen-bond acceptors (Lipinski definition) is 2. The third-order valence-electron chi connectivity index (χ3n) is 4.04. The molecule has 0 fully saturated rings. The van der Waals surface area contributed by atoms with Crippen molar-refractivity contribution in [1.82, 2.24) is 4.90 Å². The largest absolute Gasteiger partial charge is 0.395 e. The monoisotopic (exact) mass is 277 g/mol. The SMILES string of the molecule is CCCCC(CC)CN(CCO)CCc1ccccc1. The van der Waals surface area contributed by atoms with Crippen LogP contribution in [-0.4, -0.2) is 36.2 Å². The summed E-state index contributed by atoms with van der Waals surface area (Å²) in [6, 6.07) is 10.6. The van der Waals surface area contributed by atoms with Crippen LogP contribution in [0.25, 0.3) is 0 Å². The van der Waals surface area contributed by atoms with Gasteiger partial charge in [-0.25, -0.2) is 0 Å². The standard InChI is InChI=1S/C18H31NO/c1-3-5-9-17(4-2)16-19(14-15-20)13-12-18-10-7-6-8-11-18/h6-8,10-11,17,20H,3-5,9,12-16H2,1-2H3. The van der Waals surface area contributed by atoms with Crippen LogP contribution in [0.2, 0.25) is 0 Å². The van der Waals surface area contributed by atoms with Crippen molar-refractivity contribution >= 4 is 0 Å². The van der Waals surface area contributed by atoms with Gasteiger partial charge >= 0.3 is 0 Å². The van der Waals surface area contributed by atoms with Gasteiger partial charge in [0.25, 0.3) is 0 Å². The first kappa shape index (κ1) is 17.2. The maximum absolute atomic E-state index is 9.25. The van der Waals surface area contributed by atoms with E-state index < -0.39 is 0 Å². The number of nitrogens with zero attached hydrogens (tertiary/aromatic N) is 1. The van der Waals surface area contributed by atoms with Gasteiger partial charge in [-0.15, -0.1) is 0 Å². The van der Waals surface area contributed by atoms with E-state index in [0.29, 0.717) is 0 Å². The molecule has 0 saturated carbocycles. The highest BCUT2D eigenvalue weighted by Crippen LogP contribution is 2.14.